The van der Waals surface area contributed by atoms with Crippen LogP contribution >= 0.6 is 11.6 Å². The number of aryl methyl sites for hydroxylation is 1. The Morgan fingerprint density at radius 1 is 1.21 bits per heavy atom. The number of rotatable bonds is 3. The number of urea groups is 1. The molecule has 0 fully saturated rings. The van der Waals surface area contributed by atoms with E-state index in [0.717, 1.165) is 11.1 Å². The second-order valence-electron chi connectivity index (χ2n) is 4.15. The summed E-state index contributed by atoms with van der Waals surface area (Å²) in [4.78, 5) is 15.7. The van der Waals surface area contributed by atoms with Gasteiger partial charge in [0.15, 0.2) is 0 Å². The summed E-state index contributed by atoms with van der Waals surface area (Å²) in [6.45, 7) is 2.38. The standard InChI is InChI=1S/C14H14ClN3O/c1-10-2-7-13(16-8-10)18-14(19)17-9-11-3-5-12(15)6-4-11/h2-8H,9H2,1H3,(H2,16,17,18,19). The molecule has 2 amide bonds. The average Bonchev–Trinajstić information content (AvgIpc) is 2.41. The molecule has 1 aromatic heterocycles. The summed E-state index contributed by atoms with van der Waals surface area (Å²) in [5.41, 5.74) is 2.03. The fourth-order valence-corrected chi connectivity index (χ4v) is 1.61. The highest BCUT2D eigenvalue weighted by atomic mass is 35.5. The molecule has 0 aliphatic heterocycles. The van der Waals surface area contributed by atoms with Crippen LogP contribution in [0.2, 0.25) is 5.02 Å². The van der Waals surface area contributed by atoms with Gasteiger partial charge < -0.3 is 5.32 Å². The zero-order valence-electron chi connectivity index (χ0n) is 10.5. The summed E-state index contributed by atoms with van der Waals surface area (Å²) >= 11 is 5.79. The van der Waals surface area contributed by atoms with Crippen molar-refractivity contribution in [2.75, 3.05) is 5.32 Å². The van der Waals surface area contributed by atoms with Gasteiger partial charge in [0.25, 0.3) is 0 Å². The lowest BCUT2D eigenvalue weighted by atomic mass is 10.2. The summed E-state index contributed by atoms with van der Waals surface area (Å²) < 4.78 is 0. The molecule has 2 N–H and O–H groups in total. The van der Waals surface area contributed by atoms with E-state index in [1.54, 1.807) is 24.4 Å². The normalized spacial score (nSPS) is 10.0. The summed E-state index contributed by atoms with van der Waals surface area (Å²) in [7, 11) is 0. The Hall–Kier alpha value is -2.07. The van der Waals surface area contributed by atoms with Crippen LogP contribution in [0.3, 0.4) is 0 Å². The van der Waals surface area contributed by atoms with Gasteiger partial charge in [-0.15, -0.1) is 0 Å². The second kappa shape index (κ2) is 6.20. The van der Waals surface area contributed by atoms with Gasteiger partial charge in [0, 0.05) is 17.8 Å². The van der Waals surface area contributed by atoms with Crippen LogP contribution in [0.15, 0.2) is 42.6 Å². The van der Waals surface area contributed by atoms with Crippen molar-refractivity contribution in [1.82, 2.24) is 10.3 Å². The minimum absolute atomic E-state index is 0.286. The monoisotopic (exact) mass is 275 g/mol. The predicted molar refractivity (Wildman–Crippen MR) is 76.3 cm³/mol. The number of nitrogens with one attached hydrogen (secondary N) is 2. The lowest BCUT2D eigenvalue weighted by Crippen LogP contribution is -2.28. The number of hydrogen-bond donors (Lipinski definition) is 2. The van der Waals surface area contributed by atoms with E-state index in [1.807, 2.05) is 25.1 Å². The van der Waals surface area contributed by atoms with Crippen molar-refractivity contribution < 1.29 is 4.79 Å². The highest BCUT2D eigenvalue weighted by Gasteiger charge is 2.02. The number of halogens is 1. The lowest BCUT2D eigenvalue weighted by molar-refractivity contribution is 0.251. The maximum Gasteiger partial charge on any atom is 0.320 e. The van der Waals surface area contributed by atoms with E-state index >= 15 is 0 Å². The molecular formula is C14H14ClN3O. The molecular weight excluding hydrogens is 262 g/mol. The lowest BCUT2D eigenvalue weighted by Gasteiger charge is -2.07. The van der Waals surface area contributed by atoms with Gasteiger partial charge in [-0.3, -0.25) is 5.32 Å². The molecule has 0 unspecified atom stereocenters. The quantitative estimate of drug-likeness (QED) is 0.902. The van der Waals surface area contributed by atoms with Gasteiger partial charge in [0.2, 0.25) is 0 Å². The van der Waals surface area contributed by atoms with Crippen molar-refractivity contribution >= 4 is 23.4 Å². The zero-order chi connectivity index (χ0) is 13.7. The molecule has 0 atom stereocenters. The fraction of sp³-hybridized carbons (Fsp3) is 0.143. The number of carbonyl (C=O) groups excluding carboxylic acids is 1. The van der Waals surface area contributed by atoms with E-state index in [2.05, 4.69) is 15.6 Å². The Balaban J connectivity index is 1.84. The molecule has 0 saturated heterocycles. The molecule has 98 valence electrons. The molecule has 0 saturated carbocycles. The minimum Gasteiger partial charge on any atom is -0.334 e. The second-order valence-corrected chi connectivity index (χ2v) is 4.59. The first-order chi connectivity index (χ1) is 9.13. The van der Waals surface area contributed by atoms with Gasteiger partial charge in [0.1, 0.15) is 5.82 Å². The van der Waals surface area contributed by atoms with Crippen LogP contribution in [-0.2, 0) is 6.54 Å². The first-order valence-corrected chi connectivity index (χ1v) is 6.23. The number of nitrogens with zero attached hydrogens (tertiary/aromatic N) is 1. The number of aromatic nitrogens is 1. The average molecular weight is 276 g/mol. The van der Waals surface area contributed by atoms with Crippen molar-refractivity contribution in [2.45, 2.75) is 13.5 Å². The molecule has 0 radical (unpaired) electrons. The van der Waals surface area contributed by atoms with Crippen LogP contribution in [0.4, 0.5) is 10.6 Å². The highest BCUT2D eigenvalue weighted by molar-refractivity contribution is 6.30. The Labute approximate surface area is 116 Å². The Morgan fingerprint density at radius 3 is 2.58 bits per heavy atom. The molecule has 0 aliphatic carbocycles. The molecule has 1 heterocycles. The molecule has 2 rings (SSSR count). The van der Waals surface area contributed by atoms with Crippen LogP contribution in [0.5, 0.6) is 0 Å². The van der Waals surface area contributed by atoms with Gasteiger partial charge in [-0.25, -0.2) is 9.78 Å². The van der Waals surface area contributed by atoms with Crippen LogP contribution in [0.25, 0.3) is 0 Å². The molecule has 0 aliphatic rings. The number of pyridine rings is 1. The van der Waals surface area contributed by atoms with Crippen LogP contribution in [-0.4, -0.2) is 11.0 Å². The molecule has 0 spiro atoms. The van der Waals surface area contributed by atoms with Gasteiger partial charge >= 0.3 is 6.03 Å². The van der Waals surface area contributed by atoms with E-state index in [1.165, 1.54) is 0 Å². The topological polar surface area (TPSA) is 54.0 Å². The first-order valence-electron chi connectivity index (χ1n) is 5.85. The Kier molecular flexibility index (Phi) is 4.36. The van der Waals surface area contributed by atoms with Crippen molar-refractivity contribution in [2.24, 2.45) is 0 Å². The molecule has 19 heavy (non-hydrogen) atoms. The summed E-state index contributed by atoms with van der Waals surface area (Å²) in [5.74, 6) is 0.527. The van der Waals surface area contributed by atoms with Crippen LogP contribution < -0.4 is 10.6 Å². The van der Waals surface area contributed by atoms with Crippen molar-refractivity contribution in [3.63, 3.8) is 0 Å². The molecule has 2 aromatic rings. The van der Waals surface area contributed by atoms with E-state index < -0.39 is 0 Å². The maximum absolute atomic E-state index is 11.6. The molecule has 0 bridgehead atoms. The van der Waals surface area contributed by atoms with E-state index in [0.29, 0.717) is 17.4 Å². The van der Waals surface area contributed by atoms with E-state index in [-0.39, 0.29) is 6.03 Å². The van der Waals surface area contributed by atoms with Crippen LogP contribution in [0.1, 0.15) is 11.1 Å². The molecule has 5 heteroatoms. The Morgan fingerprint density at radius 2 is 1.95 bits per heavy atom. The molecule has 1 aromatic carbocycles. The van der Waals surface area contributed by atoms with Gasteiger partial charge in [-0.1, -0.05) is 29.8 Å². The van der Waals surface area contributed by atoms with Gasteiger partial charge in [-0.2, -0.15) is 0 Å². The third-order valence-corrected chi connectivity index (χ3v) is 2.77. The fourth-order valence-electron chi connectivity index (χ4n) is 1.49. The van der Waals surface area contributed by atoms with Crippen molar-refractivity contribution in [3.8, 4) is 0 Å². The summed E-state index contributed by atoms with van der Waals surface area (Å²) in [6, 6.07) is 10.7. The highest BCUT2D eigenvalue weighted by Crippen LogP contribution is 2.09. The predicted octanol–water partition coefficient (Wildman–Crippen LogP) is 3.37. The number of amides is 2. The largest absolute Gasteiger partial charge is 0.334 e. The number of hydrogen-bond acceptors (Lipinski definition) is 2. The van der Waals surface area contributed by atoms with Crippen molar-refractivity contribution in [1.29, 1.82) is 0 Å². The zero-order valence-corrected chi connectivity index (χ0v) is 11.2. The van der Waals surface area contributed by atoms with E-state index in [9.17, 15) is 4.79 Å². The maximum atomic E-state index is 11.6. The van der Waals surface area contributed by atoms with Gasteiger partial charge in [0.05, 0.1) is 0 Å². The van der Waals surface area contributed by atoms with Crippen molar-refractivity contribution in [3.05, 3.63) is 58.7 Å². The molecule has 4 nitrogen and oxygen atoms in total. The smallest absolute Gasteiger partial charge is 0.320 e. The third-order valence-electron chi connectivity index (χ3n) is 2.52. The van der Waals surface area contributed by atoms with Crippen LogP contribution in [0, 0.1) is 6.92 Å². The summed E-state index contributed by atoms with van der Waals surface area (Å²) in [5, 5.41) is 6.09. The number of anilines is 1. The Bertz CT molecular complexity index is 552. The number of carbonyl (C=O) groups is 1. The summed E-state index contributed by atoms with van der Waals surface area (Å²) in [6.07, 6.45) is 1.70. The van der Waals surface area contributed by atoms with E-state index in [4.69, 9.17) is 11.6 Å². The first kappa shape index (κ1) is 13.4. The van der Waals surface area contributed by atoms with Gasteiger partial charge in [-0.05, 0) is 36.2 Å². The number of benzene rings is 1. The SMILES string of the molecule is Cc1ccc(NC(=O)NCc2ccc(Cl)cc2)nc1. The third kappa shape index (κ3) is 4.26. The minimum atomic E-state index is -0.286.